The number of piperidine rings is 1. The summed E-state index contributed by atoms with van der Waals surface area (Å²) in [6, 6.07) is 0.199. The van der Waals surface area contributed by atoms with Gasteiger partial charge in [0.2, 0.25) is 5.91 Å². The molecule has 0 radical (unpaired) electrons. The topological polar surface area (TPSA) is 50.4 Å². The van der Waals surface area contributed by atoms with Gasteiger partial charge in [0.05, 0.1) is 12.1 Å². The number of amides is 1. The summed E-state index contributed by atoms with van der Waals surface area (Å²) in [5.74, 6) is 0.00921. The van der Waals surface area contributed by atoms with E-state index in [1.165, 1.54) is 0 Å². The van der Waals surface area contributed by atoms with E-state index in [4.69, 9.17) is 4.74 Å². The van der Waals surface area contributed by atoms with Gasteiger partial charge in [-0.3, -0.25) is 4.79 Å². The molecule has 2 N–H and O–H groups in total. The molecule has 0 aliphatic carbocycles. The Hall–Kier alpha value is -0.0300. The molecule has 2 aliphatic heterocycles. The van der Waals surface area contributed by atoms with Crippen molar-refractivity contribution in [3.05, 3.63) is 0 Å². The minimum atomic E-state index is 0. The molecule has 6 heteroatoms. The molecule has 0 aromatic heterocycles. The summed E-state index contributed by atoms with van der Waals surface area (Å²) in [4.78, 5) is 10.9. The van der Waals surface area contributed by atoms with Crippen LogP contribution >= 0.6 is 24.8 Å². The number of carbonyl (C=O) groups excluding carboxylic acids is 1. The SMILES string of the molecule is Cl.Cl.O=C1CO[C@@H]2CCNC[C@@H]2N1. The second kappa shape index (κ2) is 5.65. The summed E-state index contributed by atoms with van der Waals surface area (Å²) >= 11 is 0. The Morgan fingerprint density at radius 3 is 2.92 bits per heavy atom. The van der Waals surface area contributed by atoms with Crippen LogP contribution in [-0.4, -0.2) is 37.7 Å². The van der Waals surface area contributed by atoms with Crippen molar-refractivity contribution in [3.63, 3.8) is 0 Å². The van der Waals surface area contributed by atoms with Crippen molar-refractivity contribution in [2.24, 2.45) is 0 Å². The first-order valence-corrected chi connectivity index (χ1v) is 3.98. The normalized spacial score (nSPS) is 31.8. The zero-order chi connectivity index (χ0) is 7.68. The smallest absolute Gasteiger partial charge is 0.246 e. The van der Waals surface area contributed by atoms with Crippen LogP contribution in [0.1, 0.15) is 6.42 Å². The number of hydrogen-bond donors (Lipinski definition) is 2. The van der Waals surface area contributed by atoms with Crippen LogP contribution in [0.4, 0.5) is 0 Å². The largest absolute Gasteiger partial charge is 0.366 e. The fourth-order valence-electron chi connectivity index (χ4n) is 1.61. The third-order valence-corrected chi connectivity index (χ3v) is 2.19. The Balaban J connectivity index is 0.000000720. The van der Waals surface area contributed by atoms with Crippen molar-refractivity contribution in [2.75, 3.05) is 19.7 Å². The lowest BCUT2D eigenvalue weighted by Gasteiger charge is -2.35. The van der Waals surface area contributed by atoms with E-state index in [2.05, 4.69) is 10.6 Å². The zero-order valence-corrected chi connectivity index (χ0v) is 8.75. The Morgan fingerprint density at radius 2 is 2.15 bits per heavy atom. The maximum atomic E-state index is 10.9. The minimum Gasteiger partial charge on any atom is -0.366 e. The molecule has 0 unspecified atom stereocenters. The van der Waals surface area contributed by atoms with Gasteiger partial charge in [0.15, 0.2) is 0 Å². The standard InChI is InChI=1S/C7H12N2O2.2ClH/c10-7-4-11-6-1-2-8-3-5(6)9-7;;/h5-6,8H,1-4H2,(H,9,10);2*1H/t5-,6+;;/m0../s1. The van der Waals surface area contributed by atoms with Gasteiger partial charge in [-0.05, 0) is 13.0 Å². The molecule has 13 heavy (non-hydrogen) atoms. The predicted octanol–water partition coefficient (Wildman–Crippen LogP) is -0.293. The summed E-state index contributed by atoms with van der Waals surface area (Å²) in [6.45, 7) is 2.08. The van der Waals surface area contributed by atoms with Crippen molar-refractivity contribution in [1.29, 1.82) is 0 Å². The first-order valence-electron chi connectivity index (χ1n) is 3.98. The van der Waals surface area contributed by atoms with Crippen LogP contribution in [0.15, 0.2) is 0 Å². The number of morpholine rings is 1. The molecule has 2 fully saturated rings. The van der Waals surface area contributed by atoms with E-state index in [1.54, 1.807) is 0 Å². The average Bonchev–Trinajstić information content (AvgIpc) is 2.04. The highest BCUT2D eigenvalue weighted by Crippen LogP contribution is 2.11. The lowest BCUT2D eigenvalue weighted by atomic mass is 10.0. The molecule has 2 heterocycles. The maximum Gasteiger partial charge on any atom is 0.246 e. The molecule has 78 valence electrons. The summed E-state index contributed by atoms with van der Waals surface area (Å²) in [7, 11) is 0. The Morgan fingerprint density at radius 1 is 1.38 bits per heavy atom. The molecular weight excluding hydrogens is 215 g/mol. The average molecular weight is 229 g/mol. The maximum absolute atomic E-state index is 10.9. The van der Waals surface area contributed by atoms with Gasteiger partial charge in [-0.2, -0.15) is 0 Å². The van der Waals surface area contributed by atoms with Crippen molar-refractivity contribution in [1.82, 2.24) is 10.6 Å². The zero-order valence-electron chi connectivity index (χ0n) is 7.12. The van der Waals surface area contributed by atoms with Crippen LogP contribution in [0.25, 0.3) is 0 Å². The van der Waals surface area contributed by atoms with Gasteiger partial charge < -0.3 is 15.4 Å². The lowest BCUT2D eigenvalue weighted by molar-refractivity contribution is -0.138. The fourth-order valence-corrected chi connectivity index (χ4v) is 1.61. The van der Waals surface area contributed by atoms with E-state index in [0.717, 1.165) is 19.5 Å². The first-order chi connectivity index (χ1) is 5.36. The highest BCUT2D eigenvalue weighted by Gasteiger charge is 2.31. The van der Waals surface area contributed by atoms with Crippen LogP contribution in [0.2, 0.25) is 0 Å². The van der Waals surface area contributed by atoms with Gasteiger partial charge in [-0.25, -0.2) is 0 Å². The predicted molar refractivity (Wildman–Crippen MR) is 53.7 cm³/mol. The third-order valence-electron chi connectivity index (χ3n) is 2.19. The van der Waals surface area contributed by atoms with E-state index in [1.807, 2.05) is 0 Å². The van der Waals surface area contributed by atoms with E-state index < -0.39 is 0 Å². The number of ether oxygens (including phenoxy) is 1. The number of halogens is 2. The summed E-state index contributed by atoms with van der Waals surface area (Å²) in [5, 5.41) is 6.10. The van der Waals surface area contributed by atoms with Gasteiger partial charge in [0.25, 0.3) is 0 Å². The Labute approximate surface area is 89.6 Å². The van der Waals surface area contributed by atoms with Gasteiger partial charge in [-0.15, -0.1) is 24.8 Å². The van der Waals surface area contributed by atoms with E-state index in [0.29, 0.717) is 0 Å². The Kier molecular flexibility index (Phi) is 5.64. The Bertz CT molecular complexity index is 180. The van der Waals surface area contributed by atoms with Crippen LogP contribution < -0.4 is 10.6 Å². The van der Waals surface area contributed by atoms with Crippen LogP contribution in [0.5, 0.6) is 0 Å². The van der Waals surface area contributed by atoms with Gasteiger partial charge in [0, 0.05) is 6.54 Å². The minimum absolute atomic E-state index is 0. The van der Waals surface area contributed by atoms with Crippen LogP contribution in [-0.2, 0) is 9.53 Å². The molecule has 0 aromatic rings. The molecule has 2 atom stereocenters. The quantitative estimate of drug-likeness (QED) is 0.600. The lowest BCUT2D eigenvalue weighted by Crippen LogP contribution is -2.59. The molecule has 2 rings (SSSR count). The van der Waals surface area contributed by atoms with Crippen LogP contribution in [0.3, 0.4) is 0 Å². The van der Waals surface area contributed by atoms with Crippen molar-refractivity contribution in [3.8, 4) is 0 Å². The molecule has 0 bridgehead atoms. The monoisotopic (exact) mass is 228 g/mol. The molecular formula is C7H14Cl2N2O2. The van der Waals surface area contributed by atoms with Gasteiger partial charge in [-0.1, -0.05) is 0 Å². The number of nitrogens with one attached hydrogen (secondary N) is 2. The molecule has 4 nitrogen and oxygen atoms in total. The van der Waals surface area contributed by atoms with Crippen molar-refractivity contribution in [2.45, 2.75) is 18.6 Å². The molecule has 2 saturated heterocycles. The summed E-state index contributed by atoms with van der Waals surface area (Å²) in [6.07, 6.45) is 1.25. The highest BCUT2D eigenvalue weighted by molar-refractivity contribution is 5.85. The van der Waals surface area contributed by atoms with Crippen molar-refractivity contribution >= 4 is 30.7 Å². The number of rotatable bonds is 0. The van der Waals surface area contributed by atoms with Crippen LogP contribution in [0, 0.1) is 0 Å². The second-order valence-corrected chi connectivity index (χ2v) is 3.02. The molecule has 0 spiro atoms. The van der Waals surface area contributed by atoms with E-state index >= 15 is 0 Å². The third kappa shape index (κ3) is 2.98. The van der Waals surface area contributed by atoms with E-state index in [-0.39, 0.29) is 49.5 Å². The molecule has 0 saturated carbocycles. The molecule has 1 amide bonds. The van der Waals surface area contributed by atoms with Crippen molar-refractivity contribution < 1.29 is 9.53 Å². The number of fused-ring (bicyclic) bond motifs is 1. The highest BCUT2D eigenvalue weighted by atomic mass is 35.5. The summed E-state index contributed by atoms with van der Waals surface area (Å²) in [5.41, 5.74) is 0. The van der Waals surface area contributed by atoms with Gasteiger partial charge in [0.1, 0.15) is 6.61 Å². The number of hydrogen-bond acceptors (Lipinski definition) is 3. The fraction of sp³-hybridized carbons (Fsp3) is 0.857. The first kappa shape index (κ1) is 13.0. The van der Waals surface area contributed by atoms with E-state index in [9.17, 15) is 4.79 Å². The molecule has 0 aromatic carbocycles. The summed E-state index contributed by atoms with van der Waals surface area (Å²) < 4.78 is 5.34. The van der Waals surface area contributed by atoms with Gasteiger partial charge >= 0.3 is 0 Å². The molecule has 2 aliphatic rings. The second-order valence-electron chi connectivity index (χ2n) is 3.02. The number of carbonyl (C=O) groups is 1.